The van der Waals surface area contributed by atoms with Gasteiger partial charge in [0, 0.05) is 37.9 Å². The maximum absolute atomic E-state index is 5.75. The van der Waals surface area contributed by atoms with Gasteiger partial charge in [-0.05, 0) is 37.6 Å². The van der Waals surface area contributed by atoms with Crippen molar-refractivity contribution in [1.82, 2.24) is 15.6 Å². The molecule has 1 aliphatic rings. The molecule has 2 heterocycles. The van der Waals surface area contributed by atoms with Crippen LogP contribution < -0.4 is 20.3 Å². The summed E-state index contributed by atoms with van der Waals surface area (Å²) in [6.45, 7) is 12.8. The zero-order valence-corrected chi connectivity index (χ0v) is 21.2. The topological polar surface area (TPSA) is 71.0 Å². The number of guanidine groups is 1. The Kier molecular flexibility index (Phi) is 11.3. The van der Waals surface area contributed by atoms with Crippen LogP contribution in [0.5, 0.6) is 5.75 Å². The minimum Gasteiger partial charge on any atom is -0.489 e. The molecular formula is C24H34IN5O2. The lowest BCUT2D eigenvalue weighted by atomic mass is 10.2. The monoisotopic (exact) mass is 551 g/mol. The summed E-state index contributed by atoms with van der Waals surface area (Å²) < 4.78 is 11.4. The fourth-order valence-electron chi connectivity index (χ4n) is 3.39. The van der Waals surface area contributed by atoms with Crippen LogP contribution in [0.15, 0.2) is 60.2 Å². The van der Waals surface area contributed by atoms with Crippen LogP contribution in [0, 0.1) is 0 Å². The minimum atomic E-state index is 0. The number of morpholine rings is 1. The van der Waals surface area contributed by atoms with Crippen molar-refractivity contribution in [3.05, 3.63) is 66.4 Å². The van der Waals surface area contributed by atoms with E-state index in [1.54, 1.807) is 6.08 Å². The SMILES string of the molecule is C=CCOc1ccccc1CNC(=NCc1ccnc(N2CCOC(C)C2)c1)NCC.I. The van der Waals surface area contributed by atoms with Crippen LogP contribution in [-0.2, 0) is 17.8 Å². The first-order valence-electron chi connectivity index (χ1n) is 10.8. The number of nitrogens with zero attached hydrogens (tertiary/aromatic N) is 3. The van der Waals surface area contributed by atoms with E-state index in [1.807, 2.05) is 36.5 Å². The number of aliphatic imine (C=N–C) groups is 1. The number of benzene rings is 1. The van der Waals surface area contributed by atoms with Gasteiger partial charge >= 0.3 is 0 Å². The molecule has 0 saturated carbocycles. The zero-order chi connectivity index (χ0) is 21.9. The third-order valence-electron chi connectivity index (χ3n) is 4.91. The number of rotatable bonds is 9. The number of pyridine rings is 1. The van der Waals surface area contributed by atoms with Gasteiger partial charge in [-0.2, -0.15) is 0 Å². The summed E-state index contributed by atoms with van der Waals surface area (Å²) in [7, 11) is 0. The highest BCUT2D eigenvalue weighted by atomic mass is 127. The molecule has 0 amide bonds. The molecule has 1 aliphatic heterocycles. The smallest absolute Gasteiger partial charge is 0.191 e. The molecule has 1 aromatic carbocycles. The summed E-state index contributed by atoms with van der Waals surface area (Å²) in [5.74, 6) is 2.60. The van der Waals surface area contributed by atoms with E-state index in [4.69, 9.17) is 14.5 Å². The van der Waals surface area contributed by atoms with E-state index in [1.165, 1.54) is 0 Å². The number of aromatic nitrogens is 1. The van der Waals surface area contributed by atoms with Crippen LogP contribution in [0.4, 0.5) is 5.82 Å². The third kappa shape index (κ3) is 7.98. The zero-order valence-electron chi connectivity index (χ0n) is 18.9. The Balaban J connectivity index is 0.00000363. The molecule has 0 aliphatic carbocycles. The Hall–Kier alpha value is -2.33. The number of ether oxygens (including phenoxy) is 2. The minimum absolute atomic E-state index is 0. The van der Waals surface area contributed by atoms with Gasteiger partial charge in [0.25, 0.3) is 0 Å². The Morgan fingerprint density at radius 3 is 2.97 bits per heavy atom. The second-order valence-electron chi connectivity index (χ2n) is 7.41. The second-order valence-corrected chi connectivity index (χ2v) is 7.41. The molecule has 1 aromatic heterocycles. The molecule has 0 radical (unpaired) electrons. The highest BCUT2D eigenvalue weighted by Crippen LogP contribution is 2.18. The van der Waals surface area contributed by atoms with Gasteiger partial charge in [-0.15, -0.1) is 24.0 Å². The fraction of sp³-hybridized carbons (Fsp3) is 0.417. The molecular weight excluding hydrogens is 517 g/mol. The predicted molar refractivity (Wildman–Crippen MR) is 141 cm³/mol. The maximum Gasteiger partial charge on any atom is 0.191 e. The van der Waals surface area contributed by atoms with E-state index in [0.717, 1.165) is 54.9 Å². The molecule has 174 valence electrons. The Bertz CT molecular complexity index is 877. The van der Waals surface area contributed by atoms with Gasteiger partial charge in [-0.25, -0.2) is 9.98 Å². The highest BCUT2D eigenvalue weighted by molar-refractivity contribution is 14.0. The van der Waals surface area contributed by atoms with Crippen molar-refractivity contribution in [2.75, 3.05) is 37.7 Å². The van der Waals surface area contributed by atoms with Crippen LogP contribution >= 0.6 is 24.0 Å². The standard InChI is InChI=1S/C24H33N5O2.HI/c1-4-13-31-22-9-7-6-8-21(22)17-28-24(25-5-2)27-16-20-10-11-26-23(15-20)29-12-14-30-19(3)18-29;/h4,6-11,15,19H,1,5,12-14,16-18H2,2-3H3,(H2,25,27,28);1H. The lowest BCUT2D eigenvalue weighted by molar-refractivity contribution is 0.0529. The maximum atomic E-state index is 5.75. The van der Waals surface area contributed by atoms with Gasteiger partial charge in [-0.1, -0.05) is 30.9 Å². The van der Waals surface area contributed by atoms with Gasteiger partial charge in [0.15, 0.2) is 5.96 Å². The van der Waals surface area contributed by atoms with Crippen molar-refractivity contribution in [1.29, 1.82) is 0 Å². The molecule has 3 rings (SSSR count). The summed E-state index contributed by atoms with van der Waals surface area (Å²) in [6, 6.07) is 12.1. The molecule has 1 saturated heterocycles. The Morgan fingerprint density at radius 1 is 1.34 bits per heavy atom. The first-order valence-corrected chi connectivity index (χ1v) is 10.8. The number of halogens is 1. The molecule has 1 fully saturated rings. The molecule has 1 unspecified atom stereocenters. The summed E-state index contributed by atoms with van der Waals surface area (Å²) in [4.78, 5) is 11.6. The Labute approximate surface area is 208 Å². The average molecular weight is 551 g/mol. The first-order chi connectivity index (χ1) is 15.2. The average Bonchev–Trinajstić information content (AvgIpc) is 2.80. The van der Waals surface area contributed by atoms with Crippen LogP contribution in [-0.4, -0.2) is 49.9 Å². The molecule has 1 atom stereocenters. The van der Waals surface area contributed by atoms with Gasteiger partial charge < -0.3 is 25.0 Å². The molecule has 7 nitrogen and oxygen atoms in total. The number of hydrogen-bond donors (Lipinski definition) is 2. The van der Waals surface area contributed by atoms with E-state index >= 15 is 0 Å². The largest absolute Gasteiger partial charge is 0.489 e. The van der Waals surface area contributed by atoms with E-state index in [0.29, 0.717) is 19.7 Å². The lowest BCUT2D eigenvalue weighted by Gasteiger charge is -2.32. The Morgan fingerprint density at radius 2 is 2.19 bits per heavy atom. The van der Waals surface area contributed by atoms with E-state index in [-0.39, 0.29) is 30.1 Å². The number of anilines is 1. The van der Waals surface area contributed by atoms with Crippen molar-refractivity contribution in [3.63, 3.8) is 0 Å². The van der Waals surface area contributed by atoms with Gasteiger partial charge in [0.2, 0.25) is 0 Å². The summed E-state index contributed by atoms with van der Waals surface area (Å²) in [5.41, 5.74) is 2.19. The molecule has 2 N–H and O–H groups in total. The second kappa shape index (κ2) is 13.9. The van der Waals surface area contributed by atoms with Crippen molar-refractivity contribution in [2.45, 2.75) is 33.0 Å². The number of nitrogens with one attached hydrogen (secondary N) is 2. The van der Waals surface area contributed by atoms with Gasteiger partial charge in [-0.3, -0.25) is 0 Å². The quantitative estimate of drug-likeness (QED) is 0.214. The first kappa shape index (κ1) is 25.9. The van der Waals surface area contributed by atoms with Crippen molar-refractivity contribution in [3.8, 4) is 5.75 Å². The van der Waals surface area contributed by atoms with Crippen molar-refractivity contribution in [2.24, 2.45) is 4.99 Å². The number of para-hydroxylation sites is 1. The predicted octanol–water partition coefficient (Wildman–Crippen LogP) is 3.74. The molecule has 32 heavy (non-hydrogen) atoms. The molecule has 2 aromatic rings. The van der Waals surface area contributed by atoms with Crippen molar-refractivity contribution >= 4 is 35.8 Å². The molecule has 0 bridgehead atoms. The molecule has 8 heteroatoms. The van der Waals surface area contributed by atoms with E-state index < -0.39 is 0 Å². The fourth-order valence-corrected chi connectivity index (χ4v) is 3.39. The third-order valence-corrected chi connectivity index (χ3v) is 4.91. The van der Waals surface area contributed by atoms with Gasteiger partial charge in [0.05, 0.1) is 19.3 Å². The summed E-state index contributed by atoms with van der Waals surface area (Å²) >= 11 is 0. The van der Waals surface area contributed by atoms with Crippen molar-refractivity contribution < 1.29 is 9.47 Å². The van der Waals surface area contributed by atoms with Crippen LogP contribution in [0.25, 0.3) is 0 Å². The lowest BCUT2D eigenvalue weighted by Crippen LogP contribution is -2.41. The van der Waals surface area contributed by atoms with E-state index in [9.17, 15) is 0 Å². The normalized spacial score (nSPS) is 16.1. The highest BCUT2D eigenvalue weighted by Gasteiger charge is 2.18. The van der Waals surface area contributed by atoms with E-state index in [2.05, 4.69) is 47.0 Å². The summed E-state index contributed by atoms with van der Waals surface area (Å²) in [6.07, 6.45) is 3.82. The van der Waals surface area contributed by atoms with Crippen LogP contribution in [0.1, 0.15) is 25.0 Å². The molecule has 0 spiro atoms. The summed E-state index contributed by atoms with van der Waals surface area (Å²) in [5, 5.41) is 6.71. The van der Waals surface area contributed by atoms with Gasteiger partial charge in [0.1, 0.15) is 18.2 Å². The van der Waals surface area contributed by atoms with Crippen LogP contribution in [0.2, 0.25) is 0 Å². The number of hydrogen-bond acceptors (Lipinski definition) is 5. The van der Waals surface area contributed by atoms with Crippen LogP contribution in [0.3, 0.4) is 0 Å².